The molecule has 0 aromatic heterocycles. The van der Waals surface area contributed by atoms with Gasteiger partial charge in [-0.15, -0.1) is 0 Å². The Kier molecular flexibility index (Phi) is 4.32. The van der Waals surface area contributed by atoms with E-state index in [1.807, 2.05) is 20.8 Å². The maximum Gasteiger partial charge on any atom is 0.321 e. The molecule has 0 amide bonds. The monoisotopic (exact) mass is 378 g/mol. The molecule has 3 atom stereocenters. The smallest absolute Gasteiger partial charge is 0.321 e. The van der Waals surface area contributed by atoms with Crippen LogP contribution in [0.2, 0.25) is 0 Å². The first-order chi connectivity index (χ1) is 12.7. The van der Waals surface area contributed by atoms with Crippen LogP contribution in [-0.4, -0.2) is 35.7 Å². The zero-order chi connectivity index (χ0) is 19.4. The number of carbonyl (C=O) groups excluding carboxylic acids is 3. The molecule has 5 fully saturated rings. The minimum Gasteiger partial charge on any atom is -0.465 e. The highest BCUT2D eigenvalue weighted by molar-refractivity contribution is 5.96. The van der Waals surface area contributed by atoms with Crippen LogP contribution in [-0.2, 0) is 28.6 Å². The van der Waals surface area contributed by atoms with Crippen molar-refractivity contribution in [1.82, 2.24) is 0 Å². The highest BCUT2D eigenvalue weighted by Gasteiger charge is 2.62. The van der Waals surface area contributed by atoms with Crippen molar-refractivity contribution in [2.45, 2.75) is 83.3 Å². The van der Waals surface area contributed by atoms with E-state index >= 15 is 0 Å². The largest absolute Gasteiger partial charge is 0.465 e. The average Bonchev–Trinajstić information content (AvgIpc) is 2.98. The van der Waals surface area contributed by atoms with Crippen molar-refractivity contribution >= 4 is 17.9 Å². The van der Waals surface area contributed by atoms with Crippen LogP contribution in [0.5, 0.6) is 0 Å². The number of hydrogen-bond acceptors (Lipinski definition) is 6. The molecule has 6 heteroatoms. The van der Waals surface area contributed by atoms with Gasteiger partial charge in [0.05, 0.1) is 12.0 Å². The molecule has 0 spiro atoms. The van der Waals surface area contributed by atoms with Crippen LogP contribution in [0, 0.1) is 23.2 Å². The third-order valence-electron chi connectivity index (χ3n) is 7.24. The van der Waals surface area contributed by atoms with Gasteiger partial charge in [0.1, 0.15) is 11.2 Å². The van der Waals surface area contributed by atoms with E-state index in [9.17, 15) is 14.4 Å². The minimum atomic E-state index is -0.796. The van der Waals surface area contributed by atoms with Gasteiger partial charge in [0.2, 0.25) is 0 Å². The summed E-state index contributed by atoms with van der Waals surface area (Å²) in [6.45, 7) is 6.10. The van der Waals surface area contributed by atoms with Gasteiger partial charge >= 0.3 is 17.9 Å². The highest BCUT2D eigenvalue weighted by Crippen LogP contribution is 2.60. The Morgan fingerprint density at radius 2 is 1.70 bits per heavy atom. The fourth-order valence-corrected chi connectivity index (χ4v) is 5.81. The molecule has 0 radical (unpaired) electrons. The highest BCUT2D eigenvalue weighted by atomic mass is 16.6. The van der Waals surface area contributed by atoms with E-state index in [0.717, 1.165) is 38.5 Å². The van der Waals surface area contributed by atoms with Gasteiger partial charge in [0.15, 0.2) is 5.92 Å². The van der Waals surface area contributed by atoms with Gasteiger partial charge in [-0.05, 0) is 64.2 Å². The normalized spacial score (nSPS) is 40.0. The number of carbonyl (C=O) groups is 3. The van der Waals surface area contributed by atoms with Crippen LogP contribution in [0.15, 0.2) is 0 Å². The van der Waals surface area contributed by atoms with E-state index in [1.165, 1.54) is 0 Å². The summed E-state index contributed by atoms with van der Waals surface area (Å²) in [5.41, 5.74) is -1.63. The van der Waals surface area contributed by atoms with Gasteiger partial charge < -0.3 is 14.2 Å². The molecule has 1 aliphatic heterocycles. The third kappa shape index (κ3) is 3.25. The van der Waals surface area contributed by atoms with Crippen LogP contribution in [0.4, 0.5) is 0 Å². The zero-order valence-corrected chi connectivity index (χ0v) is 16.5. The summed E-state index contributed by atoms with van der Waals surface area (Å²) >= 11 is 0. The molecular formula is C21H30O6. The van der Waals surface area contributed by atoms with Gasteiger partial charge in [-0.2, -0.15) is 0 Å². The fourth-order valence-electron chi connectivity index (χ4n) is 5.81. The molecular weight excluding hydrogens is 348 g/mol. The van der Waals surface area contributed by atoms with Gasteiger partial charge in [-0.3, -0.25) is 14.4 Å². The first-order valence-corrected chi connectivity index (χ1v) is 10.3. The number of rotatable bonds is 5. The summed E-state index contributed by atoms with van der Waals surface area (Å²) in [6.07, 6.45) is 6.14. The standard InChI is InChI=1S/C21H30O6/c1-4-19(2,3)18(24)27-21-10-13-7-14(11-21)9-20(8-13,12-21)26-17(23)15-5-6-25-16(15)22/h13-15H,4-12H2,1-3H3. The molecule has 4 aliphatic carbocycles. The van der Waals surface area contributed by atoms with Crippen LogP contribution in [0.1, 0.15) is 72.1 Å². The van der Waals surface area contributed by atoms with Crippen LogP contribution >= 0.6 is 0 Å². The van der Waals surface area contributed by atoms with Gasteiger partial charge in [0.25, 0.3) is 0 Å². The first-order valence-electron chi connectivity index (χ1n) is 10.3. The maximum absolute atomic E-state index is 12.8. The molecule has 6 nitrogen and oxygen atoms in total. The summed E-state index contributed by atoms with van der Waals surface area (Å²) in [5, 5.41) is 0. The van der Waals surface area contributed by atoms with Gasteiger partial charge in [-0.1, -0.05) is 6.92 Å². The second-order valence-corrected chi connectivity index (χ2v) is 9.88. The van der Waals surface area contributed by atoms with Crippen LogP contribution < -0.4 is 0 Å². The number of cyclic esters (lactones) is 1. The van der Waals surface area contributed by atoms with Crippen LogP contribution in [0.3, 0.4) is 0 Å². The zero-order valence-electron chi connectivity index (χ0n) is 16.5. The summed E-state index contributed by atoms with van der Waals surface area (Å²) in [4.78, 5) is 37.2. The van der Waals surface area contributed by atoms with E-state index in [2.05, 4.69) is 0 Å². The summed E-state index contributed by atoms with van der Waals surface area (Å²) in [6, 6.07) is 0. The van der Waals surface area contributed by atoms with Crippen molar-refractivity contribution < 1.29 is 28.6 Å². The maximum atomic E-state index is 12.8. The second kappa shape index (κ2) is 6.21. The second-order valence-electron chi connectivity index (χ2n) is 9.88. The Hall–Kier alpha value is -1.59. The predicted octanol–water partition coefficient (Wildman–Crippen LogP) is 3.16. The van der Waals surface area contributed by atoms with Gasteiger partial charge in [0, 0.05) is 12.8 Å². The lowest BCUT2D eigenvalue weighted by molar-refractivity contribution is -0.236. The van der Waals surface area contributed by atoms with Gasteiger partial charge in [-0.25, -0.2) is 0 Å². The molecule has 0 N–H and O–H groups in total. The van der Waals surface area contributed by atoms with Crippen molar-refractivity contribution in [2.75, 3.05) is 6.61 Å². The molecule has 1 heterocycles. The van der Waals surface area contributed by atoms with Crippen molar-refractivity contribution in [1.29, 1.82) is 0 Å². The Bertz CT molecular complexity index is 652. The van der Waals surface area contributed by atoms with Crippen molar-refractivity contribution in [2.24, 2.45) is 23.2 Å². The lowest BCUT2D eigenvalue weighted by Crippen LogP contribution is -2.62. The SMILES string of the molecule is CCC(C)(C)C(=O)OC12CC3CC(CC(OC(=O)C4CCOC4=O)(C3)C1)C2. The van der Waals surface area contributed by atoms with Crippen molar-refractivity contribution in [3.05, 3.63) is 0 Å². The average molecular weight is 378 g/mol. The van der Waals surface area contributed by atoms with E-state index in [4.69, 9.17) is 14.2 Å². The number of ether oxygens (including phenoxy) is 3. The molecule has 3 unspecified atom stereocenters. The number of hydrogen-bond donors (Lipinski definition) is 0. The first kappa shape index (κ1) is 18.8. The van der Waals surface area contributed by atoms with Crippen molar-refractivity contribution in [3.8, 4) is 0 Å². The Labute approximate surface area is 160 Å². The number of esters is 3. The van der Waals surface area contributed by atoms with E-state index in [1.54, 1.807) is 0 Å². The summed E-state index contributed by atoms with van der Waals surface area (Å²) in [5.74, 6) is -1.08. The molecule has 0 aromatic rings. The van der Waals surface area contributed by atoms with Crippen LogP contribution in [0.25, 0.3) is 0 Å². The lowest BCUT2D eigenvalue weighted by atomic mass is 9.52. The topological polar surface area (TPSA) is 78.9 Å². The molecule has 1 saturated heterocycles. The molecule has 4 bridgehead atoms. The van der Waals surface area contributed by atoms with Crippen molar-refractivity contribution in [3.63, 3.8) is 0 Å². The molecule has 5 rings (SSSR count). The molecule has 0 aromatic carbocycles. The molecule has 5 aliphatic rings. The molecule has 150 valence electrons. The summed E-state index contributed by atoms with van der Waals surface area (Å²) in [7, 11) is 0. The molecule has 27 heavy (non-hydrogen) atoms. The Balaban J connectivity index is 1.53. The van der Waals surface area contributed by atoms with E-state index < -0.39 is 34.5 Å². The Morgan fingerprint density at radius 3 is 2.22 bits per heavy atom. The van der Waals surface area contributed by atoms with E-state index in [-0.39, 0.29) is 12.6 Å². The minimum absolute atomic E-state index is 0.159. The third-order valence-corrected chi connectivity index (χ3v) is 7.24. The Morgan fingerprint density at radius 1 is 1.11 bits per heavy atom. The van der Waals surface area contributed by atoms with E-state index in [0.29, 0.717) is 24.7 Å². The fraction of sp³-hybridized carbons (Fsp3) is 0.857. The quantitative estimate of drug-likeness (QED) is 0.415. The lowest BCUT2D eigenvalue weighted by Gasteiger charge is -2.60. The molecule has 4 saturated carbocycles. The summed E-state index contributed by atoms with van der Waals surface area (Å²) < 4.78 is 17.1. The predicted molar refractivity (Wildman–Crippen MR) is 95.5 cm³/mol.